The molecule has 0 radical (unpaired) electrons. The normalized spacial score (nSPS) is 11.6. The van der Waals surface area contributed by atoms with Gasteiger partial charge in [-0.25, -0.2) is 4.79 Å². The van der Waals surface area contributed by atoms with Gasteiger partial charge in [-0.2, -0.15) is 0 Å². The summed E-state index contributed by atoms with van der Waals surface area (Å²) in [6.45, 7) is 2.59. The van der Waals surface area contributed by atoms with Gasteiger partial charge in [0, 0.05) is 27.3 Å². The van der Waals surface area contributed by atoms with E-state index in [9.17, 15) is 14.4 Å². The Balaban J connectivity index is 4.11. The summed E-state index contributed by atoms with van der Waals surface area (Å²) in [6, 6.07) is -1.40. The number of hydrogen-bond acceptors (Lipinski definition) is 6. The highest BCUT2D eigenvalue weighted by Gasteiger charge is 2.27. The SMILES string of the molecule is CCOC(=O)C(N)C(=O)N(C)CC(=O)NCCCOC. The van der Waals surface area contributed by atoms with E-state index in [0.29, 0.717) is 19.6 Å². The first-order valence-electron chi connectivity index (χ1n) is 6.36. The van der Waals surface area contributed by atoms with Gasteiger partial charge in [0.25, 0.3) is 5.91 Å². The predicted molar refractivity (Wildman–Crippen MR) is 71.7 cm³/mol. The van der Waals surface area contributed by atoms with Crippen molar-refractivity contribution in [2.45, 2.75) is 19.4 Å². The van der Waals surface area contributed by atoms with E-state index in [4.69, 9.17) is 10.5 Å². The zero-order valence-corrected chi connectivity index (χ0v) is 12.2. The molecule has 0 heterocycles. The van der Waals surface area contributed by atoms with Gasteiger partial charge in [0.05, 0.1) is 13.2 Å². The van der Waals surface area contributed by atoms with Gasteiger partial charge in [-0.1, -0.05) is 0 Å². The van der Waals surface area contributed by atoms with E-state index < -0.39 is 17.9 Å². The smallest absolute Gasteiger partial charge is 0.332 e. The number of nitrogens with zero attached hydrogens (tertiary/aromatic N) is 1. The van der Waals surface area contributed by atoms with Crippen LogP contribution in [0, 0.1) is 0 Å². The zero-order chi connectivity index (χ0) is 15.5. The van der Waals surface area contributed by atoms with Crippen LogP contribution in [0.4, 0.5) is 0 Å². The lowest BCUT2D eigenvalue weighted by atomic mass is 10.2. The van der Waals surface area contributed by atoms with Gasteiger partial charge >= 0.3 is 5.97 Å². The Bertz CT molecular complexity index is 335. The molecule has 116 valence electrons. The van der Waals surface area contributed by atoms with Crippen molar-refractivity contribution in [2.24, 2.45) is 5.73 Å². The first-order chi connectivity index (χ1) is 9.43. The largest absolute Gasteiger partial charge is 0.464 e. The van der Waals surface area contributed by atoms with Crippen molar-refractivity contribution >= 4 is 17.8 Å². The predicted octanol–water partition coefficient (Wildman–Crippen LogP) is -1.51. The third kappa shape index (κ3) is 7.05. The number of amides is 2. The summed E-state index contributed by atoms with van der Waals surface area (Å²) in [5.74, 6) is -1.78. The second-order valence-electron chi connectivity index (χ2n) is 4.12. The maximum atomic E-state index is 11.8. The number of carbonyl (C=O) groups is 3. The molecule has 0 spiro atoms. The third-order valence-electron chi connectivity index (χ3n) is 2.41. The summed E-state index contributed by atoms with van der Waals surface area (Å²) in [4.78, 5) is 35.7. The Morgan fingerprint density at radius 1 is 1.35 bits per heavy atom. The third-order valence-corrected chi connectivity index (χ3v) is 2.41. The number of ether oxygens (including phenoxy) is 2. The molecule has 0 aromatic carbocycles. The zero-order valence-electron chi connectivity index (χ0n) is 12.2. The van der Waals surface area contributed by atoms with Gasteiger partial charge in [0.2, 0.25) is 5.91 Å². The average Bonchev–Trinajstić information content (AvgIpc) is 2.42. The van der Waals surface area contributed by atoms with E-state index in [1.165, 1.54) is 7.05 Å². The van der Waals surface area contributed by atoms with Crippen molar-refractivity contribution in [2.75, 3.05) is 40.5 Å². The van der Waals surface area contributed by atoms with Crippen LogP contribution < -0.4 is 11.1 Å². The van der Waals surface area contributed by atoms with E-state index in [0.717, 1.165) is 4.90 Å². The molecule has 20 heavy (non-hydrogen) atoms. The molecule has 0 aliphatic carbocycles. The Hall–Kier alpha value is -1.67. The number of methoxy groups -OCH3 is 1. The van der Waals surface area contributed by atoms with Crippen molar-refractivity contribution in [3.63, 3.8) is 0 Å². The molecule has 1 unspecified atom stereocenters. The van der Waals surface area contributed by atoms with Crippen LogP contribution in [-0.2, 0) is 23.9 Å². The summed E-state index contributed by atoms with van der Waals surface area (Å²) in [6.07, 6.45) is 0.683. The minimum Gasteiger partial charge on any atom is -0.464 e. The quantitative estimate of drug-likeness (QED) is 0.303. The molecule has 8 nitrogen and oxygen atoms in total. The molecular weight excluding hydrogens is 266 g/mol. The van der Waals surface area contributed by atoms with Gasteiger partial charge < -0.3 is 25.4 Å². The van der Waals surface area contributed by atoms with E-state index >= 15 is 0 Å². The van der Waals surface area contributed by atoms with Crippen LogP contribution in [0.15, 0.2) is 0 Å². The van der Waals surface area contributed by atoms with E-state index in [-0.39, 0.29) is 19.1 Å². The highest BCUT2D eigenvalue weighted by atomic mass is 16.5. The molecule has 0 rings (SSSR count). The molecule has 0 saturated carbocycles. The first kappa shape index (κ1) is 18.3. The monoisotopic (exact) mass is 289 g/mol. The summed E-state index contributed by atoms with van der Waals surface area (Å²) in [7, 11) is 2.97. The van der Waals surface area contributed by atoms with Gasteiger partial charge in [0.15, 0.2) is 6.04 Å². The number of likely N-dealkylation sites (N-methyl/N-ethyl adjacent to an activating group) is 1. The second-order valence-corrected chi connectivity index (χ2v) is 4.12. The van der Waals surface area contributed by atoms with Crippen molar-refractivity contribution in [1.82, 2.24) is 10.2 Å². The van der Waals surface area contributed by atoms with Crippen molar-refractivity contribution in [3.8, 4) is 0 Å². The molecular formula is C12H23N3O5. The van der Waals surface area contributed by atoms with Crippen molar-refractivity contribution in [3.05, 3.63) is 0 Å². The molecule has 0 aromatic rings. The number of nitrogens with one attached hydrogen (secondary N) is 1. The molecule has 8 heteroatoms. The van der Waals surface area contributed by atoms with Crippen LogP contribution in [0.5, 0.6) is 0 Å². The second kappa shape index (κ2) is 10.2. The lowest BCUT2D eigenvalue weighted by Gasteiger charge is -2.19. The number of carbonyl (C=O) groups excluding carboxylic acids is 3. The number of hydrogen-bond donors (Lipinski definition) is 2. The summed E-state index contributed by atoms with van der Waals surface area (Å²) >= 11 is 0. The molecule has 0 aliphatic rings. The lowest BCUT2D eigenvalue weighted by molar-refractivity contribution is -0.151. The van der Waals surface area contributed by atoms with Crippen LogP contribution in [0.25, 0.3) is 0 Å². The standard InChI is InChI=1S/C12H23N3O5/c1-4-20-12(18)10(13)11(17)15(2)8-9(16)14-6-5-7-19-3/h10H,4-8,13H2,1-3H3,(H,14,16). The summed E-state index contributed by atoms with van der Waals surface area (Å²) < 4.78 is 9.49. The Morgan fingerprint density at radius 2 is 2.00 bits per heavy atom. The fourth-order valence-corrected chi connectivity index (χ4v) is 1.36. The van der Waals surface area contributed by atoms with E-state index in [2.05, 4.69) is 10.1 Å². The number of nitrogens with two attached hydrogens (primary N) is 1. The van der Waals surface area contributed by atoms with Crippen LogP contribution in [-0.4, -0.2) is 69.2 Å². The molecule has 1 atom stereocenters. The van der Waals surface area contributed by atoms with Crippen LogP contribution in [0.1, 0.15) is 13.3 Å². The van der Waals surface area contributed by atoms with E-state index in [1.807, 2.05) is 0 Å². The molecule has 3 N–H and O–H groups in total. The van der Waals surface area contributed by atoms with Gasteiger partial charge in [0.1, 0.15) is 0 Å². The Morgan fingerprint density at radius 3 is 2.55 bits per heavy atom. The minimum absolute atomic E-state index is 0.142. The molecule has 0 saturated heterocycles. The van der Waals surface area contributed by atoms with Gasteiger partial charge in [-0.05, 0) is 13.3 Å². The fraction of sp³-hybridized carbons (Fsp3) is 0.750. The molecule has 0 aliphatic heterocycles. The maximum absolute atomic E-state index is 11.8. The molecule has 0 fully saturated rings. The highest BCUT2D eigenvalue weighted by Crippen LogP contribution is 1.94. The summed E-state index contributed by atoms with van der Waals surface area (Å²) in [5.41, 5.74) is 5.45. The van der Waals surface area contributed by atoms with Gasteiger partial charge in [-0.3, -0.25) is 9.59 Å². The van der Waals surface area contributed by atoms with Crippen LogP contribution >= 0.6 is 0 Å². The average molecular weight is 289 g/mol. The van der Waals surface area contributed by atoms with Crippen LogP contribution in [0.2, 0.25) is 0 Å². The molecule has 0 bridgehead atoms. The van der Waals surface area contributed by atoms with E-state index in [1.54, 1.807) is 14.0 Å². The Kier molecular flexibility index (Phi) is 9.31. The fourth-order valence-electron chi connectivity index (χ4n) is 1.36. The van der Waals surface area contributed by atoms with Crippen LogP contribution in [0.3, 0.4) is 0 Å². The number of esters is 1. The topological polar surface area (TPSA) is 111 Å². The van der Waals surface area contributed by atoms with Crippen molar-refractivity contribution in [1.29, 1.82) is 0 Å². The Labute approximate surface area is 118 Å². The first-order valence-corrected chi connectivity index (χ1v) is 6.36. The van der Waals surface area contributed by atoms with Crippen molar-refractivity contribution < 1.29 is 23.9 Å². The highest BCUT2D eigenvalue weighted by molar-refractivity contribution is 6.02. The minimum atomic E-state index is -1.40. The molecule has 2 amide bonds. The number of rotatable bonds is 9. The summed E-state index contributed by atoms with van der Waals surface area (Å²) in [5, 5.41) is 2.63. The van der Waals surface area contributed by atoms with Gasteiger partial charge in [-0.15, -0.1) is 0 Å². The lowest BCUT2D eigenvalue weighted by Crippen LogP contribution is -2.50. The molecule has 0 aromatic heterocycles. The maximum Gasteiger partial charge on any atom is 0.332 e.